The maximum Gasteiger partial charge on any atom is 0.125 e. The fraction of sp³-hybridized carbons (Fsp3) is 0.600. The van der Waals surface area contributed by atoms with Crippen LogP contribution in [-0.2, 0) is 4.74 Å². The molecule has 1 unspecified atom stereocenters. The van der Waals surface area contributed by atoms with Gasteiger partial charge in [-0.3, -0.25) is 0 Å². The summed E-state index contributed by atoms with van der Waals surface area (Å²) in [5.41, 5.74) is 8.76. The van der Waals surface area contributed by atoms with E-state index in [1.54, 1.807) is 0 Å². The van der Waals surface area contributed by atoms with Crippen LogP contribution in [0.5, 0.6) is 5.75 Å². The average molecular weight is 249 g/mol. The molecule has 0 bridgehead atoms. The van der Waals surface area contributed by atoms with Crippen LogP contribution in [0, 0.1) is 13.8 Å². The Morgan fingerprint density at radius 2 is 1.94 bits per heavy atom. The maximum absolute atomic E-state index is 5.92. The molecule has 1 aliphatic rings. The van der Waals surface area contributed by atoms with Gasteiger partial charge >= 0.3 is 0 Å². The molecular weight excluding hydrogens is 226 g/mol. The van der Waals surface area contributed by atoms with Crippen molar-refractivity contribution in [2.24, 2.45) is 0 Å². The molecule has 18 heavy (non-hydrogen) atoms. The molecule has 1 aliphatic heterocycles. The number of rotatable bonds is 3. The van der Waals surface area contributed by atoms with Crippen LogP contribution in [0.4, 0.5) is 5.69 Å². The first kappa shape index (κ1) is 13.2. The largest absolute Gasteiger partial charge is 0.490 e. The fourth-order valence-electron chi connectivity index (χ4n) is 2.58. The Kier molecular flexibility index (Phi) is 3.53. The lowest BCUT2D eigenvalue weighted by molar-refractivity contribution is -0.0327. The molecule has 0 amide bonds. The summed E-state index contributed by atoms with van der Waals surface area (Å²) in [6, 6.07) is 3.89. The van der Waals surface area contributed by atoms with E-state index < -0.39 is 0 Å². The smallest absolute Gasteiger partial charge is 0.125 e. The SMILES string of the molecule is Cc1cc(N)cc(C)c1OCC1CCC(C)(C)O1. The Labute approximate surface area is 109 Å². The number of anilines is 1. The number of aryl methyl sites for hydroxylation is 2. The number of benzene rings is 1. The summed E-state index contributed by atoms with van der Waals surface area (Å²) >= 11 is 0. The minimum Gasteiger partial charge on any atom is -0.490 e. The van der Waals surface area contributed by atoms with Crippen molar-refractivity contribution in [2.45, 2.75) is 52.2 Å². The lowest BCUT2D eigenvalue weighted by Crippen LogP contribution is -2.24. The summed E-state index contributed by atoms with van der Waals surface area (Å²) < 4.78 is 11.8. The molecule has 3 heteroatoms. The molecule has 100 valence electrons. The highest BCUT2D eigenvalue weighted by Gasteiger charge is 2.32. The predicted molar refractivity (Wildman–Crippen MR) is 74.0 cm³/mol. The number of hydrogen-bond donors (Lipinski definition) is 1. The van der Waals surface area contributed by atoms with Gasteiger partial charge in [0.25, 0.3) is 0 Å². The van der Waals surface area contributed by atoms with E-state index in [0.717, 1.165) is 35.4 Å². The highest BCUT2D eigenvalue weighted by atomic mass is 16.6. The fourth-order valence-corrected chi connectivity index (χ4v) is 2.58. The zero-order valence-corrected chi connectivity index (χ0v) is 11.7. The Morgan fingerprint density at radius 3 is 2.44 bits per heavy atom. The van der Waals surface area contributed by atoms with Gasteiger partial charge in [-0.25, -0.2) is 0 Å². The van der Waals surface area contributed by atoms with Crippen molar-refractivity contribution in [1.29, 1.82) is 0 Å². The molecule has 2 N–H and O–H groups in total. The first-order valence-corrected chi connectivity index (χ1v) is 6.55. The minimum atomic E-state index is -0.000762. The van der Waals surface area contributed by atoms with Crippen molar-refractivity contribution < 1.29 is 9.47 Å². The van der Waals surface area contributed by atoms with Crippen molar-refractivity contribution in [3.63, 3.8) is 0 Å². The van der Waals surface area contributed by atoms with Gasteiger partial charge in [0.2, 0.25) is 0 Å². The normalized spacial score (nSPS) is 22.1. The monoisotopic (exact) mass is 249 g/mol. The van der Waals surface area contributed by atoms with Crippen LogP contribution in [0.25, 0.3) is 0 Å². The van der Waals surface area contributed by atoms with Crippen molar-refractivity contribution in [2.75, 3.05) is 12.3 Å². The molecule has 0 spiro atoms. The van der Waals surface area contributed by atoms with Crippen LogP contribution in [0.2, 0.25) is 0 Å². The van der Waals surface area contributed by atoms with Crippen molar-refractivity contribution in [1.82, 2.24) is 0 Å². The average Bonchev–Trinajstić information content (AvgIpc) is 2.56. The highest BCUT2D eigenvalue weighted by molar-refractivity contribution is 5.52. The summed E-state index contributed by atoms with van der Waals surface area (Å²) in [7, 11) is 0. The third-order valence-electron chi connectivity index (χ3n) is 3.45. The van der Waals surface area contributed by atoms with Gasteiger partial charge in [-0.1, -0.05) is 0 Å². The third kappa shape index (κ3) is 2.96. The quantitative estimate of drug-likeness (QED) is 0.836. The number of ether oxygens (including phenoxy) is 2. The van der Waals surface area contributed by atoms with Gasteiger partial charge in [0.1, 0.15) is 12.4 Å². The molecule has 1 atom stereocenters. The molecule has 0 aromatic heterocycles. The Morgan fingerprint density at radius 1 is 1.33 bits per heavy atom. The van der Waals surface area contributed by atoms with E-state index in [0.29, 0.717) is 6.61 Å². The second kappa shape index (κ2) is 4.81. The van der Waals surface area contributed by atoms with E-state index in [4.69, 9.17) is 15.2 Å². The second-order valence-corrected chi connectivity index (χ2v) is 5.83. The second-order valence-electron chi connectivity index (χ2n) is 5.83. The van der Waals surface area contributed by atoms with Gasteiger partial charge in [0.15, 0.2) is 0 Å². The molecule has 1 fully saturated rings. The molecule has 0 aliphatic carbocycles. The first-order valence-electron chi connectivity index (χ1n) is 6.55. The van der Waals surface area contributed by atoms with Crippen LogP contribution in [-0.4, -0.2) is 18.3 Å². The van der Waals surface area contributed by atoms with E-state index >= 15 is 0 Å². The molecule has 3 nitrogen and oxygen atoms in total. The summed E-state index contributed by atoms with van der Waals surface area (Å²) in [5, 5.41) is 0. The lowest BCUT2D eigenvalue weighted by Gasteiger charge is -2.20. The van der Waals surface area contributed by atoms with Gasteiger partial charge in [-0.15, -0.1) is 0 Å². The zero-order valence-electron chi connectivity index (χ0n) is 11.7. The minimum absolute atomic E-state index is 0.000762. The number of nitrogens with two attached hydrogens (primary N) is 1. The molecule has 1 saturated heterocycles. The predicted octanol–water partition coefficient (Wildman–Crippen LogP) is 3.22. The van der Waals surface area contributed by atoms with E-state index in [1.807, 2.05) is 26.0 Å². The van der Waals surface area contributed by atoms with E-state index in [9.17, 15) is 0 Å². The van der Waals surface area contributed by atoms with Crippen LogP contribution in [0.3, 0.4) is 0 Å². The molecule has 0 saturated carbocycles. The van der Waals surface area contributed by atoms with Gasteiger partial charge in [0.05, 0.1) is 11.7 Å². The molecule has 1 aromatic rings. The van der Waals surface area contributed by atoms with Crippen molar-refractivity contribution >= 4 is 5.69 Å². The zero-order chi connectivity index (χ0) is 13.3. The van der Waals surface area contributed by atoms with Crippen molar-refractivity contribution in [3.8, 4) is 5.75 Å². The Hall–Kier alpha value is -1.22. The summed E-state index contributed by atoms with van der Waals surface area (Å²) in [6.07, 6.45) is 2.37. The van der Waals surface area contributed by atoms with Gasteiger partial charge in [0, 0.05) is 5.69 Å². The van der Waals surface area contributed by atoms with E-state index in [1.165, 1.54) is 0 Å². The van der Waals surface area contributed by atoms with Gasteiger partial charge in [-0.05, 0) is 63.8 Å². The maximum atomic E-state index is 5.92. The first-order chi connectivity index (χ1) is 8.37. The van der Waals surface area contributed by atoms with Crippen molar-refractivity contribution in [3.05, 3.63) is 23.3 Å². The highest BCUT2D eigenvalue weighted by Crippen LogP contribution is 2.31. The molecule has 0 radical (unpaired) electrons. The van der Waals surface area contributed by atoms with Gasteiger partial charge < -0.3 is 15.2 Å². The van der Waals surface area contributed by atoms with Crippen LogP contribution in [0.1, 0.15) is 37.8 Å². The standard InChI is InChI=1S/C15H23NO2/c1-10-7-12(16)8-11(2)14(10)17-9-13-5-6-15(3,4)18-13/h7-8,13H,5-6,9,16H2,1-4H3. The summed E-state index contributed by atoms with van der Waals surface area (Å²) in [5.74, 6) is 0.942. The Bertz CT molecular complexity index is 417. The molecule has 1 heterocycles. The molecular formula is C15H23NO2. The lowest BCUT2D eigenvalue weighted by atomic mass is 10.1. The van der Waals surface area contributed by atoms with Crippen LogP contribution in [0.15, 0.2) is 12.1 Å². The third-order valence-corrected chi connectivity index (χ3v) is 3.45. The molecule has 2 rings (SSSR count). The Balaban J connectivity index is 1.99. The summed E-state index contributed by atoms with van der Waals surface area (Å²) in [6.45, 7) is 8.94. The number of hydrogen-bond acceptors (Lipinski definition) is 3. The van der Waals surface area contributed by atoms with Crippen LogP contribution >= 0.6 is 0 Å². The van der Waals surface area contributed by atoms with Crippen LogP contribution < -0.4 is 10.5 Å². The summed E-state index contributed by atoms with van der Waals surface area (Å²) in [4.78, 5) is 0. The van der Waals surface area contributed by atoms with E-state index in [2.05, 4.69) is 13.8 Å². The topological polar surface area (TPSA) is 44.5 Å². The van der Waals surface area contributed by atoms with E-state index in [-0.39, 0.29) is 11.7 Å². The molecule has 1 aromatic carbocycles. The number of nitrogen functional groups attached to an aromatic ring is 1. The van der Waals surface area contributed by atoms with Gasteiger partial charge in [-0.2, -0.15) is 0 Å².